The molecule has 1 N–H and O–H groups in total. The molecule has 0 aliphatic carbocycles. The number of nitrogens with one attached hydrogen (secondary N) is 1. The van der Waals surface area contributed by atoms with Gasteiger partial charge in [0.2, 0.25) is 0 Å². The molecule has 1 aliphatic rings. The minimum absolute atomic E-state index is 0.0719. The average Bonchev–Trinajstić information content (AvgIpc) is 2.46. The van der Waals surface area contributed by atoms with Crippen molar-refractivity contribution < 1.29 is 13.5 Å². The van der Waals surface area contributed by atoms with Gasteiger partial charge in [-0.05, 0) is 26.1 Å². The molecule has 1 atom stereocenters. The summed E-state index contributed by atoms with van der Waals surface area (Å²) >= 11 is 0. The molecule has 0 spiro atoms. The summed E-state index contributed by atoms with van der Waals surface area (Å²) in [6.45, 7) is 4.42. The van der Waals surface area contributed by atoms with Crippen LogP contribution < -0.4 is 10.1 Å². The SMILES string of the molecule is C[C@H](CNc1ccc(OC(F)F)cn1)N1CCN(C)CC1. The zero-order chi connectivity index (χ0) is 15.2. The summed E-state index contributed by atoms with van der Waals surface area (Å²) in [5, 5.41) is 3.22. The van der Waals surface area contributed by atoms with E-state index in [-0.39, 0.29) is 5.75 Å². The number of alkyl halides is 2. The van der Waals surface area contributed by atoms with Gasteiger partial charge >= 0.3 is 6.61 Å². The van der Waals surface area contributed by atoms with Crippen LogP contribution in [-0.4, -0.2) is 67.2 Å². The van der Waals surface area contributed by atoms with E-state index in [1.807, 2.05) is 0 Å². The third-order valence-electron chi connectivity index (χ3n) is 3.70. The number of ether oxygens (including phenoxy) is 1. The number of nitrogens with zero attached hydrogens (tertiary/aromatic N) is 3. The van der Waals surface area contributed by atoms with Gasteiger partial charge in [-0.2, -0.15) is 8.78 Å². The molecule has 7 heteroatoms. The van der Waals surface area contributed by atoms with Crippen molar-refractivity contribution in [3.05, 3.63) is 18.3 Å². The van der Waals surface area contributed by atoms with Crippen LogP contribution >= 0.6 is 0 Å². The zero-order valence-electron chi connectivity index (χ0n) is 12.4. The number of halogens is 2. The maximum Gasteiger partial charge on any atom is 0.387 e. The largest absolute Gasteiger partial charge is 0.433 e. The highest BCUT2D eigenvalue weighted by atomic mass is 19.3. The summed E-state index contributed by atoms with van der Waals surface area (Å²) in [7, 11) is 2.13. The standard InChI is InChI=1S/C14H22F2N4O/c1-11(20-7-5-19(2)6-8-20)9-17-13-4-3-12(10-18-13)21-14(15)16/h3-4,10-11,14H,5-9H2,1-2H3,(H,17,18)/t11-/m1/s1. The van der Waals surface area contributed by atoms with E-state index in [1.165, 1.54) is 12.3 Å². The van der Waals surface area contributed by atoms with E-state index in [0.29, 0.717) is 11.9 Å². The maximum absolute atomic E-state index is 12.0. The molecule has 118 valence electrons. The van der Waals surface area contributed by atoms with Gasteiger partial charge < -0.3 is 15.0 Å². The highest BCUT2D eigenvalue weighted by molar-refractivity contribution is 5.37. The van der Waals surface area contributed by atoms with Crippen molar-refractivity contribution in [2.45, 2.75) is 19.6 Å². The lowest BCUT2D eigenvalue weighted by Crippen LogP contribution is -2.49. The maximum atomic E-state index is 12.0. The van der Waals surface area contributed by atoms with Gasteiger partial charge in [-0.1, -0.05) is 0 Å². The van der Waals surface area contributed by atoms with E-state index >= 15 is 0 Å². The van der Waals surface area contributed by atoms with E-state index in [9.17, 15) is 8.78 Å². The van der Waals surface area contributed by atoms with E-state index < -0.39 is 6.61 Å². The summed E-state index contributed by atoms with van der Waals surface area (Å²) < 4.78 is 28.3. The summed E-state index contributed by atoms with van der Waals surface area (Å²) in [4.78, 5) is 8.82. The molecule has 5 nitrogen and oxygen atoms in total. The van der Waals surface area contributed by atoms with E-state index in [4.69, 9.17) is 0 Å². The van der Waals surface area contributed by atoms with Gasteiger partial charge in [0.1, 0.15) is 11.6 Å². The highest BCUT2D eigenvalue weighted by Gasteiger charge is 2.18. The third kappa shape index (κ3) is 5.09. The fourth-order valence-corrected chi connectivity index (χ4v) is 2.30. The van der Waals surface area contributed by atoms with Crippen molar-refractivity contribution in [2.24, 2.45) is 0 Å². The number of likely N-dealkylation sites (N-methyl/N-ethyl adjacent to an activating group) is 1. The Balaban J connectivity index is 1.77. The Morgan fingerprint density at radius 3 is 2.57 bits per heavy atom. The number of piperazine rings is 1. The molecule has 1 aromatic heterocycles. The molecule has 0 unspecified atom stereocenters. The molecule has 1 fully saturated rings. The smallest absolute Gasteiger partial charge is 0.387 e. The van der Waals surface area contributed by atoms with Crippen LogP contribution in [0.2, 0.25) is 0 Å². The van der Waals surface area contributed by atoms with E-state index in [1.54, 1.807) is 6.07 Å². The second-order valence-electron chi connectivity index (χ2n) is 5.33. The number of anilines is 1. The van der Waals surface area contributed by atoms with E-state index in [0.717, 1.165) is 32.7 Å². The molecule has 2 rings (SSSR count). The first-order valence-electron chi connectivity index (χ1n) is 7.12. The van der Waals surface area contributed by atoms with Gasteiger partial charge in [-0.15, -0.1) is 0 Å². The van der Waals surface area contributed by atoms with Crippen LogP contribution in [0.3, 0.4) is 0 Å². The van der Waals surface area contributed by atoms with E-state index in [2.05, 4.69) is 38.8 Å². The zero-order valence-corrected chi connectivity index (χ0v) is 12.4. The first-order chi connectivity index (χ1) is 10.0. The van der Waals surface area contributed by atoms with Crippen LogP contribution in [0.1, 0.15) is 6.92 Å². The first kappa shape index (κ1) is 15.9. The second kappa shape index (κ2) is 7.51. The van der Waals surface area contributed by atoms with Crippen LogP contribution in [0.5, 0.6) is 5.75 Å². The highest BCUT2D eigenvalue weighted by Crippen LogP contribution is 2.15. The minimum Gasteiger partial charge on any atom is -0.433 e. The molecule has 1 aromatic rings. The van der Waals surface area contributed by atoms with Gasteiger partial charge in [-0.3, -0.25) is 4.90 Å². The third-order valence-corrected chi connectivity index (χ3v) is 3.70. The predicted molar refractivity (Wildman–Crippen MR) is 77.9 cm³/mol. The molecular weight excluding hydrogens is 278 g/mol. The van der Waals surface area contributed by atoms with Crippen LogP contribution in [0, 0.1) is 0 Å². The number of aromatic nitrogens is 1. The molecule has 0 aromatic carbocycles. The monoisotopic (exact) mass is 300 g/mol. The molecule has 0 saturated carbocycles. The minimum atomic E-state index is -2.82. The fraction of sp³-hybridized carbons (Fsp3) is 0.643. The van der Waals surface area contributed by atoms with Crippen LogP contribution in [0.4, 0.5) is 14.6 Å². The summed E-state index contributed by atoms with van der Waals surface area (Å²) in [5.41, 5.74) is 0. The Morgan fingerprint density at radius 2 is 2.00 bits per heavy atom. The summed E-state index contributed by atoms with van der Waals surface area (Å²) in [6.07, 6.45) is 1.30. The van der Waals surface area contributed by atoms with Crippen molar-refractivity contribution in [3.8, 4) is 5.75 Å². The predicted octanol–water partition coefficient (Wildman–Crippen LogP) is 1.73. The second-order valence-corrected chi connectivity index (χ2v) is 5.33. The van der Waals surface area contributed by atoms with Crippen molar-refractivity contribution in [3.63, 3.8) is 0 Å². The summed E-state index contributed by atoms with van der Waals surface area (Å²) in [5.74, 6) is 0.736. The Bertz CT molecular complexity index is 421. The lowest BCUT2D eigenvalue weighted by Gasteiger charge is -2.36. The number of hydrogen-bond acceptors (Lipinski definition) is 5. The Hall–Kier alpha value is -1.47. The van der Waals surface area contributed by atoms with Crippen molar-refractivity contribution in [2.75, 3.05) is 45.1 Å². The average molecular weight is 300 g/mol. The van der Waals surface area contributed by atoms with Gasteiger partial charge in [0.05, 0.1) is 6.20 Å². The molecule has 0 amide bonds. The lowest BCUT2D eigenvalue weighted by atomic mass is 10.2. The van der Waals surface area contributed by atoms with Crippen LogP contribution in [-0.2, 0) is 0 Å². The fourth-order valence-electron chi connectivity index (χ4n) is 2.30. The lowest BCUT2D eigenvalue weighted by molar-refractivity contribution is -0.0500. The van der Waals surface area contributed by atoms with Crippen molar-refractivity contribution in [1.29, 1.82) is 0 Å². The molecule has 1 aliphatic heterocycles. The Kier molecular flexibility index (Phi) is 5.69. The topological polar surface area (TPSA) is 40.6 Å². The Morgan fingerprint density at radius 1 is 1.29 bits per heavy atom. The summed E-state index contributed by atoms with van der Waals surface area (Å²) in [6, 6.07) is 3.54. The number of hydrogen-bond donors (Lipinski definition) is 1. The van der Waals surface area contributed by atoms with Gasteiger partial charge in [0, 0.05) is 38.8 Å². The Labute approximate surface area is 123 Å². The van der Waals surface area contributed by atoms with Gasteiger partial charge in [0.25, 0.3) is 0 Å². The molecular formula is C14H22F2N4O. The van der Waals surface area contributed by atoms with Gasteiger partial charge in [0.15, 0.2) is 0 Å². The molecule has 21 heavy (non-hydrogen) atoms. The molecule has 2 heterocycles. The number of rotatable bonds is 6. The number of pyridine rings is 1. The van der Waals surface area contributed by atoms with Crippen molar-refractivity contribution >= 4 is 5.82 Å². The first-order valence-corrected chi connectivity index (χ1v) is 7.12. The molecule has 0 bridgehead atoms. The van der Waals surface area contributed by atoms with Crippen molar-refractivity contribution in [1.82, 2.24) is 14.8 Å². The quantitative estimate of drug-likeness (QED) is 0.866. The van der Waals surface area contributed by atoms with Crippen LogP contribution in [0.15, 0.2) is 18.3 Å². The normalized spacial score (nSPS) is 18.7. The molecule has 0 radical (unpaired) electrons. The molecule has 1 saturated heterocycles. The van der Waals surface area contributed by atoms with Crippen LogP contribution in [0.25, 0.3) is 0 Å². The van der Waals surface area contributed by atoms with Gasteiger partial charge in [-0.25, -0.2) is 4.98 Å².